The number of rotatable bonds is 3. The maximum absolute atomic E-state index is 11.7. The molecular formula is C12H12N4O3. The van der Waals surface area contributed by atoms with E-state index in [4.69, 9.17) is 0 Å². The first-order valence-corrected chi connectivity index (χ1v) is 5.51. The molecule has 0 fully saturated rings. The molecule has 2 rings (SSSR count). The second-order valence-electron chi connectivity index (χ2n) is 3.88. The van der Waals surface area contributed by atoms with Crippen LogP contribution in [0.1, 0.15) is 17.4 Å². The van der Waals surface area contributed by atoms with Crippen molar-refractivity contribution in [3.8, 4) is 0 Å². The first-order chi connectivity index (χ1) is 9.04. The van der Waals surface area contributed by atoms with E-state index in [1.54, 1.807) is 24.3 Å². The highest BCUT2D eigenvalue weighted by molar-refractivity contribution is 6.02. The van der Waals surface area contributed by atoms with Crippen molar-refractivity contribution in [2.75, 3.05) is 10.6 Å². The molecule has 98 valence electrons. The van der Waals surface area contributed by atoms with Crippen LogP contribution in [0.25, 0.3) is 0 Å². The smallest absolute Gasteiger partial charge is 0.273 e. The van der Waals surface area contributed by atoms with Gasteiger partial charge in [-0.25, -0.2) is 0 Å². The number of hydrogen-bond acceptors (Lipinski definition) is 3. The Bertz CT molecular complexity index is 654. The van der Waals surface area contributed by atoms with E-state index in [1.807, 2.05) is 0 Å². The molecule has 0 unspecified atom stereocenters. The lowest BCUT2D eigenvalue weighted by molar-refractivity contribution is -0.114. The van der Waals surface area contributed by atoms with Gasteiger partial charge >= 0.3 is 0 Å². The Labute approximate surface area is 108 Å². The number of amides is 2. The Morgan fingerprint density at radius 3 is 2.05 bits per heavy atom. The third kappa shape index (κ3) is 3.32. The molecule has 0 bridgehead atoms. The van der Waals surface area contributed by atoms with Gasteiger partial charge in [0.15, 0.2) is 0 Å². The average Bonchev–Trinajstić information content (AvgIpc) is 2.78. The number of aromatic amines is 2. The van der Waals surface area contributed by atoms with Crippen LogP contribution >= 0.6 is 0 Å². The Balaban J connectivity index is 2.05. The van der Waals surface area contributed by atoms with E-state index in [1.165, 1.54) is 13.0 Å². The minimum atomic E-state index is -0.425. The summed E-state index contributed by atoms with van der Waals surface area (Å²) in [6.07, 6.45) is 0. The summed E-state index contributed by atoms with van der Waals surface area (Å²) in [7, 11) is 0. The minimum Gasteiger partial charge on any atom is -0.326 e. The van der Waals surface area contributed by atoms with Crippen molar-refractivity contribution in [1.82, 2.24) is 10.2 Å². The van der Waals surface area contributed by atoms with Crippen LogP contribution in [0.3, 0.4) is 0 Å². The van der Waals surface area contributed by atoms with Crippen LogP contribution in [0, 0.1) is 0 Å². The third-order valence-corrected chi connectivity index (χ3v) is 2.30. The van der Waals surface area contributed by atoms with Gasteiger partial charge in [-0.05, 0) is 24.3 Å². The van der Waals surface area contributed by atoms with Gasteiger partial charge in [0, 0.05) is 24.4 Å². The van der Waals surface area contributed by atoms with E-state index in [0.717, 1.165) is 0 Å². The summed E-state index contributed by atoms with van der Waals surface area (Å²) in [6, 6.07) is 7.79. The van der Waals surface area contributed by atoms with E-state index in [2.05, 4.69) is 20.8 Å². The summed E-state index contributed by atoms with van der Waals surface area (Å²) in [6.45, 7) is 1.41. The number of aromatic nitrogens is 2. The first kappa shape index (κ1) is 12.6. The van der Waals surface area contributed by atoms with Gasteiger partial charge in [-0.2, -0.15) is 0 Å². The van der Waals surface area contributed by atoms with E-state index in [0.29, 0.717) is 11.4 Å². The van der Waals surface area contributed by atoms with Gasteiger partial charge in [0.25, 0.3) is 11.5 Å². The van der Waals surface area contributed by atoms with Gasteiger partial charge < -0.3 is 10.6 Å². The van der Waals surface area contributed by atoms with Gasteiger partial charge in [0.1, 0.15) is 5.69 Å². The SMILES string of the molecule is CC(=O)Nc1ccc(NC(=O)c2cc(=O)[nH][nH]2)cc1. The summed E-state index contributed by atoms with van der Waals surface area (Å²) < 4.78 is 0. The molecule has 0 radical (unpaired) electrons. The van der Waals surface area contributed by atoms with Crippen LogP contribution in [-0.4, -0.2) is 22.0 Å². The van der Waals surface area contributed by atoms with Crippen molar-refractivity contribution in [3.05, 3.63) is 46.4 Å². The van der Waals surface area contributed by atoms with Gasteiger partial charge in [-0.3, -0.25) is 24.6 Å². The number of nitrogens with one attached hydrogen (secondary N) is 4. The Morgan fingerprint density at radius 1 is 1.00 bits per heavy atom. The second-order valence-corrected chi connectivity index (χ2v) is 3.88. The van der Waals surface area contributed by atoms with Gasteiger partial charge in [0.2, 0.25) is 5.91 Å². The van der Waals surface area contributed by atoms with Crippen LogP contribution in [-0.2, 0) is 4.79 Å². The maximum atomic E-state index is 11.7. The zero-order valence-corrected chi connectivity index (χ0v) is 10.1. The maximum Gasteiger partial charge on any atom is 0.273 e. The Morgan fingerprint density at radius 2 is 1.58 bits per heavy atom. The van der Waals surface area contributed by atoms with Crippen LogP contribution in [0.4, 0.5) is 11.4 Å². The molecule has 0 aliphatic carbocycles. The zero-order chi connectivity index (χ0) is 13.8. The lowest BCUT2D eigenvalue weighted by Crippen LogP contribution is -2.12. The number of anilines is 2. The number of benzene rings is 1. The van der Waals surface area contributed by atoms with Crippen molar-refractivity contribution in [2.24, 2.45) is 0 Å². The zero-order valence-electron chi connectivity index (χ0n) is 10.1. The van der Waals surface area contributed by atoms with Gasteiger partial charge in [-0.1, -0.05) is 0 Å². The molecule has 1 aromatic carbocycles. The van der Waals surface area contributed by atoms with Crippen molar-refractivity contribution in [1.29, 1.82) is 0 Å². The summed E-state index contributed by atoms with van der Waals surface area (Å²) in [5, 5.41) is 9.96. The Kier molecular flexibility index (Phi) is 3.46. The number of hydrogen-bond donors (Lipinski definition) is 4. The normalized spacial score (nSPS) is 9.95. The quantitative estimate of drug-likeness (QED) is 0.659. The van der Waals surface area contributed by atoms with E-state index < -0.39 is 5.91 Å². The fourth-order valence-electron chi connectivity index (χ4n) is 1.49. The van der Waals surface area contributed by atoms with Crippen molar-refractivity contribution >= 4 is 23.2 Å². The standard InChI is InChI=1S/C12H12N4O3/c1-7(17)13-8-2-4-9(5-3-8)14-12(19)10-6-11(18)16-15-10/h2-6H,1H3,(H,13,17)(H,14,19)(H2,15,16,18). The molecular weight excluding hydrogens is 248 g/mol. The predicted octanol–water partition coefficient (Wildman–Crippen LogP) is 0.914. The molecule has 7 heteroatoms. The predicted molar refractivity (Wildman–Crippen MR) is 70.1 cm³/mol. The topological polar surface area (TPSA) is 107 Å². The highest BCUT2D eigenvalue weighted by Gasteiger charge is 2.08. The first-order valence-electron chi connectivity index (χ1n) is 5.51. The molecule has 19 heavy (non-hydrogen) atoms. The van der Waals surface area contributed by atoms with Crippen molar-refractivity contribution in [2.45, 2.75) is 6.92 Å². The highest BCUT2D eigenvalue weighted by Crippen LogP contribution is 2.13. The molecule has 1 heterocycles. The molecule has 7 nitrogen and oxygen atoms in total. The number of H-pyrrole nitrogens is 2. The summed E-state index contributed by atoms with van der Waals surface area (Å²) in [5.74, 6) is -0.590. The van der Waals surface area contributed by atoms with Crippen LogP contribution in [0.5, 0.6) is 0 Å². The molecule has 0 saturated heterocycles. The van der Waals surface area contributed by atoms with Crippen LogP contribution in [0.15, 0.2) is 35.1 Å². The third-order valence-electron chi connectivity index (χ3n) is 2.30. The lowest BCUT2D eigenvalue weighted by Gasteiger charge is -2.05. The molecule has 0 aliphatic rings. The summed E-state index contributed by atoms with van der Waals surface area (Å²) in [4.78, 5) is 33.5. The summed E-state index contributed by atoms with van der Waals surface area (Å²) in [5.41, 5.74) is 0.976. The number of carbonyl (C=O) groups is 2. The summed E-state index contributed by atoms with van der Waals surface area (Å²) >= 11 is 0. The van der Waals surface area contributed by atoms with E-state index in [9.17, 15) is 14.4 Å². The molecule has 0 aliphatic heterocycles. The lowest BCUT2D eigenvalue weighted by atomic mass is 10.2. The number of carbonyl (C=O) groups excluding carboxylic acids is 2. The second kappa shape index (κ2) is 5.21. The minimum absolute atomic E-state index is 0.149. The molecule has 1 aromatic heterocycles. The highest BCUT2D eigenvalue weighted by atomic mass is 16.2. The monoisotopic (exact) mass is 260 g/mol. The fraction of sp³-hybridized carbons (Fsp3) is 0.0833. The van der Waals surface area contributed by atoms with Gasteiger partial charge in [-0.15, -0.1) is 0 Å². The Hall–Kier alpha value is -2.83. The van der Waals surface area contributed by atoms with Gasteiger partial charge in [0.05, 0.1) is 0 Å². The fourth-order valence-corrected chi connectivity index (χ4v) is 1.49. The molecule has 0 spiro atoms. The average molecular weight is 260 g/mol. The largest absolute Gasteiger partial charge is 0.326 e. The molecule has 2 aromatic rings. The molecule has 0 saturated carbocycles. The van der Waals surface area contributed by atoms with Crippen molar-refractivity contribution < 1.29 is 9.59 Å². The van der Waals surface area contributed by atoms with E-state index >= 15 is 0 Å². The molecule has 2 amide bonds. The molecule has 4 N–H and O–H groups in total. The van der Waals surface area contributed by atoms with Crippen LogP contribution < -0.4 is 16.2 Å². The molecule has 0 atom stereocenters. The van der Waals surface area contributed by atoms with E-state index in [-0.39, 0.29) is 17.2 Å². The van der Waals surface area contributed by atoms with Crippen molar-refractivity contribution in [3.63, 3.8) is 0 Å². The van der Waals surface area contributed by atoms with Crippen LogP contribution in [0.2, 0.25) is 0 Å².